The van der Waals surface area contributed by atoms with Crippen LogP contribution in [-0.2, 0) is 16.8 Å². The Kier molecular flexibility index (Phi) is 2.08. The van der Waals surface area contributed by atoms with E-state index < -0.39 is 5.60 Å². The molecule has 0 spiro atoms. The Morgan fingerprint density at radius 1 is 1.40 bits per heavy atom. The van der Waals surface area contributed by atoms with E-state index in [4.69, 9.17) is 0 Å². The maximum atomic E-state index is 11.3. The third-order valence-electron chi connectivity index (χ3n) is 2.64. The average Bonchev–Trinajstić information content (AvgIpc) is 2.41. The van der Waals surface area contributed by atoms with Crippen LogP contribution in [0.3, 0.4) is 0 Å². The smallest absolute Gasteiger partial charge is 0.228 e. The summed E-state index contributed by atoms with van der Waals surface area (Å²) in [6, 6.07) is 3.91. The second kappa shape index (κ2) is 3.07. The minimum atomic E-state index is -0.923. The van der Waals surface area contributed by atoms with E-state index in [1.807, 2.05) is 19.1 Å². The normalized spacial score (nSPS) is 15.1. The van der Waals surface area contributed by atoms with Crippen LogP contribution in [0.25, 0.3) is 0 Å². The molecule has 1 amide bonds. The molecule has 2 N–H and O–H groups in total. The third-order valence-corrected chi connectivity index (χ3v) is 2.64. The summed E-state index contributed by atoms with van der Waals surface area (Å²) in [5.74, 6) is 0.00102. The molecule has 1 aliphatic rings. The fourth-order valence-corrected chi connectivity index (χ4v) is 1.99. The lowest BCUT2D eigenvalue weighted by Gasteiger charge is -2.21. The summed E-state index contributed by atoms with van der Waals surface area (Å²) in [7, 11) is 0. The van der Waals surface area contributed by atoms with E-state index in [-0.39, 0.29) is 5.91 Å². The molecule has 0 saturated carbocycles. The fraction of sp³-hybridized carbons (Fsp3) is 0.417. The predicted molar refractivity (Wildman–Crippen MR) is 58.8 cm³/mol. The molecule has 0 bridgehead atoms. The molecule has 0 aromatic heterocycles. The van der Waals surface area contributed by atoms with Crippen molar-refractivity contribution in [1.29, 1.82) is 0 Å². The van der Waals surface area contributed by atoms with E-state index in [1.54, 1.807) is 13.8 Å². The van der Waals surface area contributed by atoms with Crippen molar-refractivity contribution >= 4 is 11.6 Å². The number of nitrogens with one attached hydrogen (secondary N) is 1. The molecule has 80 valence electrons. The van der Waals surface area contributed by atoms with Crippen molar-refractivity contribution in [2.75, 3.05) is 5.32 Å². The Labute approximate surface area is 89.1 Å². The number of aryl methyl sites for hydroxylation is 1. The zero-order chi connectivity index (χ0) is 11.2. The largest absolute Gasteiger partial charge is 0.386 e. The SMILES string of the molecule is Cc1cc2c(c(C(C)(C)O)c1)NC(=O)C2. The molecule has 0 aliphatic carbocycles. The summed E-state index contributed by atoms with van der Waals surface area (Å²) < 4.78 is 0. The Hall–Kier alpha value is -1.35. The van der Waals surface area contributed by atoms with Crippen molar-refractivity contribution in [3.8, 4) is 0 Å². The number of benzene rings is 1. The highest BCUT2D eigenvalue weighted by Gasteiger charge is 2.27. The van der Waals surface area contributed by atoms with E-state index >= 15 is 0 Å². The van der Waals surface area contributed by atoms with Crippen LogP contribution in [0.1, 0.15) is 30.5 Å². The highest BCUT2D eigenvalue weighted by atomic mass is 16.3. The lowest BCUT2D eigenvalue weighted by atomic mass is 9.92. The molecular weight excluding hydrogens is 190 g/mol. The number of carbonyl (C=O) groups is 1. The number of hydrogen-bond donors (Lipinski definition) is 2. The number of amides is 1. The first-order chi connectivity index (χ1) is 6.88. The Morgan fingerprint density at radius 2 is 2.07 bits per heavy atom. The first-order valence-electron chi connectivity index (χ1n) is 5.04. The summed E-state index contributed by atoms with van der Waals surface area (Å²) in [4.78, 5) is 11.3. The van der Waals surface area contributed by atoms with E-state index in [9.17, 15) is 9.90 Å². The van der Waals surface area contributed by atoms with Gasteiger partial charge in [0.1, 0.15) is 0 Å². The van der Waals surface area contributed by atoms with Crippen molar-refractivity contribution in [3.63, 3.8) is 0 Å². The van der Waals surface area contributed by atoms with Gasteiger partial charge in [-0.1, -0.05) is 17.7 Å². The van der Waals surface area contributed by atoms with Gasteiger partial charge in [0, 0.05) is 5.56 Å². The van der Waals surface area contributed by atoms with Crippen molar-refractivity contribution in [2.24, 2.45) is 0 Å². The van der Waals surface area contributed by atoms with Crippen LogP contribution in [0.15, 0.2) is 12.1 Å². The number of fused-ring (bicyclic) bond motifs is 1. The second-order valence-corrected chi connectivity index (χ2v) is 4.63. The maximum absolute atomic E-state index is 11.3. The van der Waals surface area contributed by atoms with Crippen molar-refractivity contribution in [2.45, 2.75) is 32.8 Å². The molecule has 2 rings (SSSR count). The zero-order valence-corrected chi connectivity index (χ0v) is 9.22. The van der Waals surface area contributed by atoms with Crippen LogP contribution in [-0.4, -0.2) is 11.0 Å². The van der Waals surface area contributed by atoms with Crippen LogP contribution < -0.4 is 5.32 Å². The molecule has 0 fully saturated rings. The molecule has 0 atom stereocenters. The van der Waals surface area contributed by atoms with Gasteiger partial charge >= 0.3 is 0 Å². The molecule has 15 heavy (non-hydrogen) atoms. The quantitative estimate of drug-likeness (QED) is 0.733. The van der Waals surface area contributed by atoms with Crippen LogP contribution in [0.2, 0.25) is 0 Å². The van der Waals surface area contributed by atoms with Gasteiger partial charge in [-0.2, -0.15) is 0 Å². The summed E-state index contributed by atoms with van der Waals surface area (Å²) >= 11 is 0. The van der Waals surface area contributed by atoms with Crippen LogP contribution in [0.5, 0.6) is 0 Å². The highest BCUT2D eigenvalue weighted by Crippen LogP contribution is 2.35. The number of carbonyl (C=O) groups excluding carboxylic acids is 1. The third kappa shape index (κ3) is 1.75. The monoisotopic (exact) mass is 205 g/mol. The summed E-state index contributed by atoms with van der Waals surface area (Å²) in [5.41, 5.74) is 2.72. The van der Waals surface area contributed by atoms with E-state index in [2.05, 4.69) is 5.32 Å². The van der Waals surface area contributed by atoms with Gasteiger partial charge in [-0.05, 0) is 26.3 Å². The summed E-state index contributed by atoms with van der Waals surface area (Å²) in [5, 5.41) is 12.8. The summed E-state index contributed by atoms with van der Waals surface area (Å²) in [6.45, 7) is 5.43. The highest BCUT2D eigenvalue weighted by molar-refractivity contribution is 6.00. The van der Waals surface area contributed by atoms with Crippen molar-refractivity contribution < 1.29 is 9.90 Å². The number of anilines is 1. The van der Waals surface area contributed by atoms with E-state index in [0.717, 1.165) is 22.4 Å². The van der Waals surface area contributed by atoms with Gasteiger partial charge in [0.2, 0.25) is 5.91 Å². The zero-order valence-electron chi connectivity index (χ0n) is 9.22. The molecule has 3 heteroatoms. The topological polar surface area (TPSA) is 49.3 Å². The molecule has 1 aromatic carbocycles. The molecule has 1 aromatic rings. The Balaban J connectivity index is 2.62. The van der Waals surface area contributed by atoms with E-state index in [0.29, 0.717) is 6.42 Å². The van der Waals surface area contributed by atoms with Gasteiger partial charge in [-0.15, -0.1) is 0 Å². The maximum Gasteiger partial charge on any atom is 0.228 e. The van der Waals surface area contributed by atoms with Gasteiger partial charge in [0.05, 0.1) is 17.7 Å². The molecule has 3 nitrogen and oxygen atoms in total. The van der Waals surface area contributed by atoms with Crippen LogP contribution >= 0.6 is 0 Å². The van der Waals surface area contributed by atoms with Gasteiger partial charge in [-0.25, -0.2) is 0 Å². The standard InChI is InChI=1S/C12H15NO2/c1-7-4-8-6-10(14)13-11(8)9(5-7)12(2,3)15/h4-5,15H,6H2,1-3H3,(H,13,14). The molecule has 1 aliphatic heterocycles. The number of rotatable bonds is 1. The van der Waals surface area contributed by atoms with Gasteiger partial charge in [-0.3, -0.25) is 4.79 Å². The molecule has 0 unspecified atom stereocenters. The minimum absolute atomic E-state index is 0.00102. The van der Waals surface area contributed by atoms with E-state index in [1.165, 1.54) is 0 Å². The molecule has 1 heterocycles. The van der Waals surface area contributed by atoms with Gasteiger partial charge < -0.3 is 10.4 Å². The van der Waals surface area contributed by atoms with Gasteiger partial charge in [0.25, 0.3) is 0 Å². The predicted octanol–water partition coefficient (Wildman–Crippen LogP) is 1.72. The van der Waals surface area contributed by atoms with Crippen LogP contribution in [0, 0.1) is 6.92 Å². The van der Waals surface area contributed by atoms with Gasteiger partial charge in [0.15, 0.2) is 0 Å². The first-order valence-corrected chi connectivity index (χ1v) is 5.04. The lowest BCUT2D eigenvalue weighted by molar-refractivity contribution is -0.115. The molecular formula is C12H15NO2. The minimum Gasteiger partial charge on any atom is -0.386 e. The lowest BCUT2D eigenvalue weighted by Crippen LogP contribution is -2.18. The first kappa shape index (κ1) is 10.2. The van der Waals surface area contributed by atoms with Crippen LogP contribution in [0.4, 0.5) is 5.69 Å². The molecule has 0 saturated heterocycles. The Morgan fingerprint density at radius 3 is 2.67 bits per heavy atom. The fourth-order valence-electron chi connectivity index (χ4n) is 1.99. The molecule has 0 radical (unpaired) electrons. The Bertz CT molecular complexity index is 430. The number of hydrogen-bond acceptors (Lipinski definition) is 2. The van der Waals surface area contributed by atoms with Crippen molar-refractivity contribution in [3.05, 3.63) is 28.8 Å². The summed E-state index contributed by atoms with van der Waals surface area (Å²) in [6.07, 6.45) is 0.417. The second-order valence-electron chi connectivity index (χ2n) is 4.63. The van der Waals surface area contributed by atoms with Crippen molar-refractivity contribution in [1.82, 2.24) is 0 Å². The number of aliphatic hydroxyl groups is 1. The average molecular weight is 205 g/mol.